The van der Waals surface area contributed by atoms with Gasteiger partial charge in [-0.3, -0.25) is 9.69 Å². The molecule has 2 aliphatic rings. The van der Waals surface area contributed by atoms with Gasteiger partial charge in [-0.1, -0.05) is 35.3 Å². The standard InChI is InChI=1S/C20H21Cl2FN2O.CH2O2/c1-20(26)11-24(12-20)8-13-5-6-15(7-18(13)23)25-9-14(10-25)19-16(21)3-2-4-17(19)22;2-1-3/h2-7,14,26H,8-12H2,1H3;1H,(H,2,3). The summed E-state index contributed by atoms with van der Waals surface area (Å²) in [7, 11) is 0. The molecule has 2 aromatic rings. The number of nitrogens with zero attached hydrogens (tertiary/aromatic N) is 2. The van der Waals surface area contributed by atoms with Gasteiger partial charge < -0.3 is 15.1 Å². The van der Waals surface area contributed by atoms with Gasteiger partial charge in [-0.05, 0) is 36.8 Å². The lowest BCUT2D eigenvalue weighted by Gasteiger charge is -2.44. The van der Waals surface area contributed by atoms with E-state index in [1.807, 2.05) is 35.2 Å². The van der Waals surface area contributed by atoms with Gasteiger partial charge in [0.15, 0.2) is 0 Å². The van der Waals surface area contributed by atoms with Crippen LogP contribution in [0.3, 0.4) is 0 Å². The highest BCUT2D eigenvalue weighted by Crippen LogP contribution is 2.39. The molecule has 2 aromatic carbocycles. The maximum absolute atomic E-state index is 14.5. The average molecular weight is 441 g/mol. The lowest BCUT2D eigenvalue weighted by atomic mass is 9.90. The Hall–Kier alpha value is -1.86. The first-order valence-corrected chi connectivity index (χ1v) is 9.99. The molecular weight excluding hydrogens is 418 g/mol. The van der Waals surface area contributed by atoms with Crippen LogP contribution >= 0.6 is 23.2 Å². The summed E-state index contributed by atoms with van der Waals surface area (Å²) in [6.45, 7) is 4.80. The molecule has 29 heavy (non-hydrogen) atoms. The number of carbonyl (C=O) groups is 1. The number of likely N-dealkylation sites (tertiary alicyclic amines) is 1. The number of halogens is 3. The van der Waals surface area contributed by atoms with E-state index in [2.05, 4.69) is 4.90 Å². The van der Waals surface area contributed by atoms with Crippen LogP contribution in [0.25, 0.3) is 0 Å². The zero-order chi connectivity index (χ0) is 21.2. The third-order valence-electron chi connectivity index (χ3n) is 5.21. The van der Waals surface area contributed by atoms with Gasteiger partial charge in [0.05, 0.1) is 5.60 Å². The Balaban J connectivity index is 0.000000755. The van der Waals surface area contributed by atoms with Crippen molar-refractivity contribution in [1.82, 2.24) is 4.90 Å². The molecule has 8 heteroatoms. The highest BCUT2D eigenvalue weighted by Gasteiger charge is 2.36. The highest BCUT2D eigenvalue weighted by atomic mass is 35.5. The number of carboxylic acid groups (broad SMARTS) is 1. The summed E-state index contributed by atoms with van der Waals surface area (Å²) in [4.78, 5) is 12.5. The first-order chi connectivity index (χ1) is 13.7. The zero-order valence-electron chi connectivity index (χ0n) is 16.0. The van der Waals surface area contributed by atoms with E-state index in [9.17, 15) is 9.50 Å². The fraction of sp³-hybridized carbons (Fsp3) is 0.381. The van der Waals surface area contributed by atoms with E-state index in [0.29, 0.717) is 35.2 Å². The van der Waals surface area contributed by atoms with Crippen LogP contribution in [0, 0.1) is 5.82 Å². The van der Waals surface area contributed by atoms with Crippen LogP contribution in [0.4, 0.5) is 10.1 Å². The van der Waals surface area contributed by atoms with Crippen LogP contribution in [-0.2, 0) is 11.3 Å². The van der Waals surface area contributed by atoms with E-state index in [1.54, 1.807) is 13.0 Å². The van der Waals surface area contributed by atoms with Crippen molar-refractivity contribution in [3.8, 4) is 0 Å². The third-order valence-corrected chi connectivity index (χ3v) is 5.87. The molecule has 0 amide bonds. The van der Waals surface area contributed by atoms with Crippen molar-refractivity contribution in [2.75, 3.05) is 31.1 Å². The molecule has 0 unspecified atom stereocenters. The molecular formula is C21H23Cl2FN2O3. The summed E-state index contributed by atoms with van der Waals surface area (Å²) in [6, 6.07) is 10.9. The third kappa shape index (κ3) is 5.01. The Labute approximate surface area is 179 Å². The largest absolute Gasteiger partial charge is 0.483 e. The smallest absolute Gasteiger partial charge is 0.290 e. The van der Waals surface area contributed by atoms with Crippen LogP contribution in [-0.4, -0.2) is 53.4 Å². The molecule has 0 saturated carbocycles. The number of aliphatic hydroxyl groups is 1. The number of β-amino-alcohol motifs (C(OH)–C–C–N with tert-alkyl or cyclic N) is 1. The molecule has 2 heterocycles. The van der Waals surface area contributed by atoms with E-state index in [4.69, 9.17) is 33.1 Å². The monoisotopic (exact) mass is 440 g/mol. The molecule has 2 saturated heterocycles. The number of rotatable bonds is 4. The molecule has 0 atom stereocenters. The van der Waals surface area contributed by atoms with Crippen molar-refractivity contribution in [3.05, 3.63) is 63.4 Å². The van der Waals surface area contributed by atoms with E-state index < -0.39 is 5.60 Å². The van der Waals surface area contributed by atoms with Crippen molar-refractivity contribution in [2.45, 2.75) is 25.0 Å². The van der Waals surface area contributed by atoms with Crippen molar-refractivity contribution >= 4 is 35.4 Å². The molecule has 2 fully saturated rings. The Morgan fingerprint density at radius 3 is 2.31 bits per heavy atom. The molecule has 2 N–H and O–H groups in total. The number of benzene rings is 2. The van der Waals surface area contributed by atoms with Gasteiger partial charge in [-0.15, -0.1) is 0 Å². The second-order valence-corrected chi connectivity index (χ2v) is 8.57. The summed E-state index contributed by atoms with van der Waals surface area (Å²) < 4.78 is 14.5. The van der Waals surface area contributed by atoms with Crippen LogP contribution < -0.4 is 4.90 Å². The second-order valence-electron chi connectivity index (χ2n) is 7.76. The molecule has 0 spiro atoms. The Morgan fingerprint density at radius 1 is 1.21 bits per heavy atom. The summed E-state index contributed by atoms with van der Waals surface area (Å²) in [6.07, 6.45) is 0. The van der Waals surface area contributed by atoms with Gasteiger partial charge in [0.1, 0.15) is 5.82 Å². The Morgan fingerprint density at radius 2 is 1.79 bits per heavy atom. The van der Waals surface area contributed by atoms with E-state index in [1.165, 1.54) is 0 Å². The minimum Gasteiger partial charge on any atom is -0.483 e. The van der Waals surface area contributed by atoms with Gasteiger partial charge in [0.2, 0.25) is 0 Å². The lowest BCUT2D eigenvalue weighted by Crippen LogP contribution is -2.59. The molecule has 2 aliphatic heterocycles. The van der Waals surface area contributed by atoms with Crippen LogP contribution in [0.5, 0.6) is 0 Å². The predicted molar refractivity (Wildman–Crippen MR) is 112 cm³/mol. The predicted octanol–water partition coefficient (Wildman–Crippen LogP) is 4.00. The van der Waals surface area contributed by atoms with Crippen LogP contribution in [0.2, 0.25) is 10.0 Å². The molecule has 0 aromatic heterocycles. The fourth-order valence-electron chi connectivity index (χ4n) is 3.90. The summed E-state index contributed by atoms with van der Waals surface area (Å²) in [5, 5.41) is 18.1. The lowest BCUT2D eigenvalue weighted by molar-refractivity contribution is -0.122. The second kappa shape index (κ2) is 8.88. The topological polar surface area (TPSA) is 64.0 Å². The zero-order valence-corrected chi connectivity index (χ0v) is 17.5. The first-order valence-electron chi connectivity index (χ1n) is 9.24. The highest BCUT2D eigenvalue weighted by molar-refractivity contribution is 6.36. The molecule has 0 aliphatic carbocycles. The fourth-order valence-corrected chi connectivity index (χ4v) is 4.61. The van der Waals surface area contributed by atoms with Crippen LogP contribution in [0.15, 0.2) is 36.4 Å². The van der Waals surface area contributed by atoms with E-state index in [-0.39, 0.29) is 18.2 Å². The molecule has 4 rings (SSSR count). The maximum atomic E-state index is 14.5. The van der Waals surface area contributed by atoms with Gasteiger partial charge in [-0.25, -0.2) is 4.39 Å². The molecule has 0 bridgehead atoms. The number of hydrogen-bond acceptors (Lipinski definition) is 4. The van der Waals surface area contributed by atoms with Crippen LogP contribution in [0.1, 0.15) is 24.0 Å². The van der Waals surface area contributed by atoms with Gasteiger partial charge in [0, 0.05) is 59.9 Å². The Kier molecular flexibility index (Phi) is 6.69. The maximum Gasteiger partial charge on any atom is 0.290 e. The SMILES string of the molecule is CC1(O)CN(Cc2ccc(N3CC(c4c(Cl)cccc4Cl)C3)cc2F)C1.O=CO. The van der Waals surface area contributed by atoms with Crippen molar-refractivity contribution in [1.29, 1.82) is 0 Å². The minimum atomic E-state index is -0.636. The number of anilines is 1. The van der Waals surface area contributed by atoms with Gasteiger partial charge in [-0.2, -0.15) is 0 Å². The molecule has 0 radical (unpaired) electrons. The summed E-state index contributed by atoms with van der Waals surface area (Å²) >= 11 is 12.6. The number of hydrogen-bond donors (Lipinski definition) is 2. The molecule has 5 nitrogen and oxygen atoms in total. The summed E-state index contributed by atoms with van der Waals surface area (Å²) in [5.74, 6) is 0.0653. The van der Waals surface area contributed by atoms with Gasteiger partial charge >= 0.3 is 0 Å². The normalized spacial score (nSPS) is 18.3. The van der Waals surface area contributed by atoms with E-state index in [0.717, 1.165) is 24.3 Å². The van der Waals surface area contributed by atoms with E-state index >= 15 is 0 Å². The van der Waals surface area contributed by atoms with Crippen molar-refractivity contribution in [2.24, 2.45) is 0 Å². The molecule has 156 valence electrons. The Bertz CT molecular complexity index is 860. The minimum absolute atomic E-state index is 0.201. The summed E-state index contributed by atoms with van der Waals surface area (Å²) in [5.41, 5.74) is 1.88. The van der Waals surface area contributed by atoms with Gasteiger partial charge in [0.25, 0.3) is 6.47 Å². The van der Waals surface area contributed by atoms with Crippen molar-refractivity contribution < 1.29 is 19.4 Å². The first kappa shape index (κ1) is 21.8. The quantitative estimate of drug-likeness (QED) is 0.703. The average Bonchev–Trinajstić information content (AvgIpc) is 2.57. The van der Waals surface area contributed by atoms with Crippen molar-refractivity contribution in [3.63, 3.8) is 0 Å².